The number of nitrogens with one attached hydrogen (secondary N) is 2. The number of hydrogen-bond donors (Lipinski definition) is 2. The number of benzene rings is 3. The highest BCUT2D eigenvalue weighted by atomic mass is 16.5. The largest absolute Gasteiger partial charge is 0.489 e. The highest BCUT2D eigenvalue weighted by Gasteiger charge is 2.29. The minimum atomic E-state index is -0.235. The van der Waals surface area contributed by atoms with E-state index in [0.717, 1.165) is 18.4 Å². The maximum atomic E-state index is 12.6. The molecule has 1 saturated carbocycles. The summed E-state index contributed by atoms with van der Waals surface area (Å²) in [7, 11) is 0. The Bertz CT molecular complexity index is 1010. The molecule has 1 aliphatic rings. The number of rotatable bonds is 7. The van der Waals surface area contributed by atoms with Crippen LogP contribution < -0.4 is 15.4 Å². The Morgan fingerprint density at radius 3 is 2.31 bits per heavy atom. The standard InChI is InChI=1S/C24H22N2O3/c27-23(18-12-13-18)25-20-9-5-10-21(15-20)26-24(28)19-8-4-11-22(14-19)29-16-17-6-2-1-3-7-17/h1-11,14-15,18H,12-13,16H2,(H,25,27)(H,26,28). The zero-order valence-corrected chi connectivity index (χ0v) is 15.9. The van der Waals surface area contributed by atoms with Crippen LogP contribution in [0.3, 0.4) is 0 Å². The Hall–Kier alpha value is -3.60. The quantitative estimate of drug-likeness (QED) is 0.609. The number of anilines is 2. The molecule has 5 heteroatoms. The highest BCUT2D eigenvalue weighted by Crippen LogP contribution is 2.30. The van der Waals surface area contributed by atoms with Gasteiger partial charge in [0.2, 0.25) is 5.91 Å². The van der Waals surface area contributed by atoms with Gasteiger partial charge in [-0.1, -0.05) is 42.5 Å². The van der Waals surface area contributed by atoms with Gasteiger partial charge in [0.25, 0.3) is 5.91 Å². The fraction of sp³-hybridized carbons (Fsp3) is 0.167. The van der Waals surface area contributed by atoms with Crippen molar-refractivity contribution in [1.82, 2.24) is 0 Å². The predicted molar refractivity (Wildman–Crippen MR) is 113 cm³/mol. The Morgan fingerprint density at radius 2 is 1.55 bits per heavy atom. The van der Waals surface area contributed by atoms with E-state index in [1.807, 2.05) is 42.5 Å². The highest BCUT2D eigenvalue weighted by molar-refractivity contribution is 6.05. The maximum absolute atomic E-state index is 12.6. The van der Waals surface area contributed by atoms with Crippen LogP contribution in [0.2, 0.25) is 0 Å². The van der Waals surface area contributed by atoms with Crippen molar-refractivity contribution in [3.63, 3.8) is 0 Å². The molecule has 3 aromatic rings. The van der Waals surface area contributed by atoms with Crippen molar-refractivity contribution in [2.75, 3.05) is 10.6 Å². The molecule has 2 amide bonds. The van der Waals surface area contributed by atoms with Gasteiger partial charge < -0.3 is 15.4 Å². The smallest absolute Gasteiger partial charge is 0.255 e. The molecule has 1 fully saturated rings. The van der Waals surface area contributed by atoms with Gasteiger partial charge in [-0.25, -0.2) is 0 Å². The Balaban J connectivity index is 1.38. The molecule has 0 aliphatic heterocycles. The molecule has 146 valence electrons. The SMILES string of the molecule is O=C(Nc1cccc(NC(=O)C2CC2)c1)c1cccc(OCc2ccccc2)c1. The van der Waals surface area contributed by atoms with Crippen molar-refractivity contribution in [3.8, 4) is 5.75 Å². The second-order valence-electron chi connectivity index (χ2n) is 7.10. The third kappa shape index (κ3) is 5.23. The number of carbonyl (C=O) groups excluding carboxylic acids is 2. The van der Waals surface area contributed by atoms with Crippen LogP contribution in [0, 0.1) is 5.92 Å². The van der Waals surface area contributed by atoms with Gasteiger partial charge >= 0.3 is 0 Å². The average Bonchev–Trinajstić information content (AvgIpc) is 3.59. The second kappa shape index (κ2) is 8.61. The van der Waals surface area contributed by atoms with Gasteiger partial charge in [0.1, 0.15) is 12.4 Å². The molecule has 4 rings (SSSR count). The van der Waals surface area contributed by atoms with Gasteiger partial charge in [0.15, 0.2) is 0 Å². The summed E-state index contributed by atoms with van der Waals surface area (Å²) in [5.41, 5.74) is 2.87. The van der Waals surface area contributed by atoms with E-state index in [2.05, 4.69) is 10.6 Å². The van der Waals surface area contributed by atoms with E-state index in [-0.39, 0.29) is 17.7 Å². The van der Waals surface area contributed by atoms with Gasteiger partial charge in [-0.05, 0) is 54.8 Å². The van der Waals surface area contributed by atoms with Crippen molar-refractivity contribution >= 4 is 23.2 Å². The van der Waals surface area contributed by atoms with E-state index in [1.54, 1.807) is 36.4 Å². The number of amides is 2. The molecule has 0 aromatic heterocycles. The molecule has 1 aliphatic carbocycles. The molecule has 0 spiro atoms. The van der Waals surface area contributed by atoms with Crippen LogP contribution in [-0.4, -0.2) is 11.8 Å². The summed E-state index contributed by atoms with van der Waals surface area (Å²) in [6, 6.07) is 24.1. The monoisotopic (exact) mass is 386 g/mol. The van der Waals surface area contributed by atoms with E-state index >= 15 is 0 Å². The molecule has 2 N–H and O–H groups in total. The molecule has 3 aromatic carbocycles. The van der Waals surface area contributed by atoms with Crippen molar-refractivity contribution in [2.24, 2.45) is 5.92 Å². The predicted octanol–water partition coefficient (Wildman–Crippen LogP) is 4.87. The lowest BCUT2D eigenvalue weighted by Gasteiger charge is -2.10. The molecule has 5 nitrogen and oxygen atoms in total. The Kier molecular flexibility index (Phi) is 5.56. The first kappa shape index (κ1) is 18.7. The van der Waals surface area contributed by atoms with Crippen molar-refractivity contribution in [2.45, 2.75) is 19.4 Å². The first-order valence-electron chi connectivity index (χ1n) is 9.66. The lowest BCUT2D eigenvalue weighted by atomic mass is 10.2. The van der Waals surface area contributed by atoms with Crippen molar-refractivity contribution in [1.29, 1.82) is 0 Å². The van der Waals surface area contributed by atoms with Crippen LogP contribution in [0.5, 0.6) is 5.75 Å². The minimum Gasteiger partial charge on any atom is -0.489 e. The summed E-state index contributed by atoms with van der Waals surface area (Å²) >= 11 is 0. The minimum absolute atomic E-state index is 0.0387. The van der Waals surface area contributed by atoms with Gasteiger partial charge in [-0.3, -0.25) is 9.59 Å². The zero-order valence-electron chi connectivity index (χ0n) is 15.9. The lowest BCUT2D eigenvalue weighted by Crippen LogP contribution is -2.14. The summed E-state index contributed by atoms with van der Waals surface area (Å²) in [4.78, 5) is 24.6. The van der Waals surface area contributed by atoms with Gasteiger partial charge in [-0.2, -0.15) is 0 Å². The topological polar surface area (TPSA) is 67.4 Å². The van der Waals surface area contributed by atoms with Crippen LogP contribution >= 0.6 is 0 Å². The van der Waals surface area contributed by atoms with E-state index in [4.69, 9.17) is 4.74 Å². The van der Waals surface area contributed by atoms with E-state index in [0.29, 0.717) is 29.3 Å². The number of hydrogen-bond acceptors (Lipinski definition) is 3. The van der Waals surface area contributed by atoms with Gasteiger partial charge in [0.05, 0.1) is 0 Å². The summed E-state index contributed by atoms with van der Waals surface area (Å²) in [6.07, 6.45) is 1.90. The number of ether oxygens (including phenoxy) is 1. The van der Waals surface area contributed by atoms with Crippen molar-refractivity contribution in [3.05, 3.63) is 90.0 Å². The average molecular weight is 386 g/mol. The number of carbonyl (C=O) groups is 2. The molecule has 0 atom stereocenters. The van der Waals surface area contributed by atoms with Crippen LogP contribution in [0.4, 0.5) is 11.4 Å². The fourth-order valence-electron chi connectivity index (χ4n) is 2.94. The molecule has 29 heavy (non-hydrogen) atoms. The molecular weight excluding hydrogens is 364 g/mol. The normalized spacial score (nSPS) is 12.8. The van der Waals surface area contributed by atoms with Crippen molar-refractivity contribution < 1.29 is 14.3 Å². The first-order valence-corrected chi connectivity index (χ1v) is 9.66. The Labute approximate surface area is 169 Å². The molecular formula is C24H22N2O3. The molecule has 0 unspecified atom stereocenters. The van der Waals surface area contributed by atoms with E-state index < -0.39 is 0 Å². The summed E-state index contributed by atoms with van der Waals surface area (Å²) in [5.74, 6) is 0.566. The van der Waals surface area contributed by atoms with Crippen LogP contribution in [0.25, 0.3) is 0 Å². The zero-order chi connectivity index (χ0) is 20.1. The first-order chi connectivity index (χ1) is 14.2. The molecule has 0 radical (unpaired) electrons. The maximum Gasteiger partial charge on any atom is 0.255 e. The van der Waals surface area contributed by atoms with Gasteiger partial charge in [-0.15, -0.1) is 0 Å². The summed E-state index contributed by atoms with van der Waals surface area (Å²) in [6.45, 7) is 0.439. The second-order valence-corrected chi connectivity index (χ2v) is 7.10. The third-order valence-corrected chi connectivity index (χ3v) is 4.68. The summed E-state index contributed by atoms with van der Waals surface area (Å²) < 4.78 is 5.80. The van der Waals surface area contributed by atoms with E-state index in [9.17, 15) is 9.59 Å². The Morgan fingerprint density at radius 1 is 0.828 bits per heavy atom. The molecule has 0 saturated heterocycles. The molecule has 0 bridgehead atoms. The van der Waals surface area contributed by atoms with Gasteiger partial charge in [0, 0.05) is 22.9 Å². The van der Waals surface area contributed by atoms with Crippen LogP contribution in [-0.2, 0) is 11.4 Å². The lowest BCUT2D eigenvalue weighted by molar-refractivity contribution is -0.117. The van der Waals surface area contributed by atoms with Crippen LogP contribution in [0.1, 0.15) is 28.8 Å². The van der Waals surface area contributed by atoms with Crippen LogP contribution in [0.15, 0.2) is 78.9 Å². The third-order valence-electron chi connectivity index (χ3n) is 4.68. The summed E-state index contributed by atoms with van der Waals surface area (Å²) in [5, 5.41) is 5.76. The fourth-order valence-corrected chi connectivity index (χ4v) is 2.94. The van der Waals surface area contributed by atoms with E-state index in [1.165, 1.54) is 0 Å². The molecule has 0 heterocycles.